The van der Waals surface area contributed by atoms with Gasteiger partial charge >= 0.3 is 23.9 Å². The molecule has 0 bridgehead atoms. The number of aromatic hydroxyl groups is 1. The Morgan fingerprint density at radius 2 is 1.24 bits per heavy atom. The monoisotopic (exact) mass is 723 g/mol. The molecule has 0 amide bonds. The molecule has 0 atom stereocenters. The molecular weight excluding hydrogens is 687 g/mol. The van der Waals surface area contributed by atoms with Gasteiger partial charge in [0.25, 0.3) is 10.1 Å². The summed E-state index contributed by atoms with van der Waals surface area (Å²) in [6, 6.07) is 6.95. The zero-order chi connectivity index (χ0) is 37.0. The van der Waals surface area contributed by atoms with E-state index in [0.29, 0.717) is 0 Å². The minimum absolute atomic E-state index is 0. The van der Waals surface area contributed by atoms with Crippen LogP contribution in [0.2, 0.25) is 0 Å². The van der Waals surface area contributed by atoms with Crippen molar-refractivity contribution in [3.63, 3.8) is 0 Å². The van der Waals surface area contributed by atoms with E-state index >= 15 is 0 Å². The molecule has 6 N–H and O–H groups in total. The van der Waals surface area contributed by atoms with Crippen molar-refractivity contribution < 1.29 is 62.5 Å². The third-order valence-electron chi connectivity index (χ3n) is 7.90. The summed E-state index contributed by atoms with van der Waals surface area (Å²) in [5, 5.41) is 48.7. The Balaban J connectivity index is 0.00000867. The van der Waals surface area contributed by atoms with Crippen LogP contribution in [0, 0.1) is 13.8 Å². The molecule has 50 heavy (non-hydrogen) atoms. The Labute approximate surface area is 309 Å². The maximum atomic E-state index is 13.5. The predicted molar refractivity (Wildman–Crippen MR) is 179 cm³/mol. The Bertz CT molecular complexity index is 1920. The molecule has 1 radical (unpaired) electrons. The maximum Gasteiger partial charge on any atom is 0.317 e. The van der Waals surface area contributed by atoms with Crippen LogP contribution in [0.4, 0.5) is 0 Å². The number of ketones is 1. The topological polar surface area (TPSA) is 247 Å². The average molecular weight is 724 g/mol. The van der Waals surface area contributed by atoms with Crippen molar-refractivity contribution in [2.75, 3.05) is 32.7 Å². The van der Waals surface area contributed by atoms with Crippen LogP contribution in [0.15, 0.2) is 63.6 Å². The van der Waals surface area contributed by atoms with Crippen LogP contribution in [-0.4, -0.2) is 140 Å². The van der Waals surface area contributed by atoms with Gasteiger partial charge in [-0.3, -0.25) is 38.3 Å². The number of carbonyl (C=O) groups is 5. The number of rotatable bonds is 15. The van der Waals surface area contributed by atoms with Gasteiger partial charge in [-0.25, -0.2) is 0 Å². The van der Waals surface area contributed by atoms with Crippen LogP contribution in [0.5, 0.6) is 5.75 Å². The number of hydrogen-bond acceptors (Lipinski definition) is 10. The van der Waals surface area contributed by atoms with Gasteiger partial charge in [0, 0.05) is 59.3 Å². The molecule has 2 aromatic rings. The fraction of sp³-hybridized carbons (Fsp3) is 0.303. The fourth-order valence-electron chi connectivity index (χ4n) is 5.72. The largest absolute Gasteiger partial charge is 0.507 e. The van der Waals surface area contributed by atoms with Crippen molar-refractivity contribution in [2.24, 2.45) is 0 Å². The molecule has 1 aliphatic rings. The van der Waals surface area contributed by atoms with Crippen molar-refractivity contribution in [1.29, 1.82) is 0 Å². The minimum Gasteiger partial charge on any atom is -0.507 e. The molecule has 2 aromatic carbocycles. The van der Waals surface area contributed by atoms with Crippen molar-refractivity contribution in [2.45, 2.75) is 39.1 Å². The first-order valence-electron chi connectivity index (χ1n) is 14.6. The summed E-state index contributed by atoms with van der Waals surface area (Å²) in [4.78, 5) is 61.2. The molecule has 0 aromatic heterocycles. The first-order chi connectivity index (χ1) is 22.7. The number of aliphatic carboxylic acids is 4. The van der Waals surface area contributed by atoms with E-state index in [1.807, 2.05) is 0 Å². The molecular formula is C33H36N2NaO13S. The van der Waals surface area contributed by atoms with E-state index in [9.17, 15) is 62.5 Å². The van der Waals surface area contributed by atoms with E-state index in [-0.39, 0.29) is 97.5 Å². The summed E-state index contributed by atoms with van der Waals surface area (Å²) in [5.74, 6) is -6.10. The maximum absolute atomic E-state index is 13.5. The second-order valence-electron chi connectivity index (χ2n) is 11.6. The molecule has 0 aliphatic heterocycles. The normalized spacial score (nSPS) is 14.4. The van der Waals surface area contributed by atoms with Gasteiger partial charge in [-0.1, -0.05) is 18.2 Å². The molecule has 1 aliphatic carbocycles. The molecule has 0 fully saturated rings. The zero-order valence-electron chi connectivity index (χ0n) is 28.1. The first kappa shape index (κ1) is 42.0. The first-order valence-corrected chi connectivity index (χ1v) is 16.0. The molecule has 263 valence electrons. The number of hydrogen-bond donors (Lipinski definition) is 6. The summed E-state index contributed by atoms with van der Waals surface area (Å²) < 4.78 is 35.6. The molecule has 3 rings (SSSR count). The van der Waals surface area contributed by atoms with Crippen LogP contribution >= 0.6 is 0 Å². The van der Waals surface area contributed by atoms with Crippen LogP contribution in [-0.2, 0) is 40.6 Å². The minimum atomic E-state index is -4.88. The number of phenols is 1. The number of phenolic OH excluding ortho intramolecular Hbond substituents is 1. The summed E-state index contributed by atoms with van der Waals surface area (Å²) in [6.07, 6.45) is 1.47. The van der Waals surface area contributed by atoms with E-state index in [1.54, 1.807) is 6.92 Å². The number of allylic oxidation sites excluding steroid dienone is 4. The van der Waals surface area contributed by atoms with Gasteiger partial charge < -0.3 is 25.5 Å². The number of aryl methyl sites for hydroxylation is 1. The summed E-state index contributed by atoms with van der Waals surface area (Å²) >= 11 is 0. The van der Waals surface area contributed by atoms with Gasteiger partial charge in [0.2, 0.25) is 0 Å². The Morgan fingerprint density at radius 3 is 1.72 bits per heavy atom. The fourth-order valence-corrected chi connectivity index (χ4v) is 6.42. The van der Waals surface area contributed by atoms with E-state index in [0.717, 1.165) is 15.9 Å². The number of carboxylic acids is 4. The Hall–Kier alpha value is -4.16. The van der Waals surface area contributed by atoms with E-state index in [2.05, 4.69) is 0 Å². The smallest absolute Gasteiger partial charge is 0.317 e. The van der Waals surface area contributed by atoms with Crippen molar-refractivity contribution in [3.8, 4) is 5.75 Å². The number of carboxylic acid groups (broad SMARTS) is 4. The molecule has 17 heteroatoms. The van der Waals surface area contributed by atoms with E-state index in [1.165, 1.54) is 51.1 Å². The molecule has 0 heterocycles. The third kappa shape index (κ3) is 10.2. The van der Waals surface area contributed by atoms with Gasteiger partial charge in [-0.2, -0.15) is 8.42 Å². The van der Waals surface area contributed by atoms with Crippen LogP contribution in [0.1, 0.15) is 41.7 Å². The summed E-state index contributed by atoms with van der Waals surface area (Å²) in [6.45, 7) is 2.52. The Kier molecular flexibility index (Phi) is 14.4. The predicted octanol–water partition coefficient (Wildman–Crippen LogP) is 1.96. The van der Waals surface area contributed by atoms with Gasteiger partial charge in [-0.15, -0.1) is 0 Å². The quantitative estimate of drug-likeness (QED) is 0.114. The van der Waals surface area contributed by atoms with E-state index in [4.69, 9.17) is 0 Å². The molecule has 0 unspecified atom stereocenters. The third-order valence-corrected chi connectivity index (χ3v) is 8.81. The molecule has 0 saturated carbocycles. The van der Waals surface area contributed by atoms with Crippen molar-refractivity contribution >= 4 is 74.9 Å². The average Bonchev–Trinajstić information content (AvgIpc) is 2.97. The van der Waals surface area contributed by atoms with E-state index < -0.39 is 77.4 Å². The van der Waals surface area contributed by atoms with Crippen LogP contribution < -0.4 is 0 Å². The number of nitrogens with zero attached hydrogens (tertiary/aromatic N) is 2. The second kappa shape index (κ2) is 17.2. The standard InChI is InChI=1S/C33H36N2O13S.Na/c1-17-9-22(19(3)24(32(17)44)11-34(13-27(36)37)14-28(38)39)31(21-7-5-6-8-26(21)49(46,47)48)23-10-18(2)33(45)25(20(23)4)12-35(15-29(40)41)16-30(42)43;/h5-10,44H,11-16H2,1-4H3,(H,36,37)(H,38,39)(H,40,41)(H,42,43)(H,46,47,48);/b31-23+;. The molecule has 0 spiro atoms. The van der Waals surface area contributed by atoms with Crippen molar-refractivity contribution in [3.05, 3.63) is 86.5 Å². The summed E-state index contributed by atoms with van der Waals surface area (Å²) in [7, 11) is -4.88. The number of benzene rings is 2. The molecule has 15 nitrogen and oxygen atoms in total. The van der Waals surface area contributed by atoms with Crippen LogP contribution in [0.25, 0.3) is 5.57 Å². The van der Waals surface area contributed by atoms with Gasteiger partial charge in [0.1, 0.15) is 10.6 Å². The van der Waals surface area contributed by atoms with Gasteiger partial charge in [0.15, 0.2) is 5.78 Å². The summed E-state index contributed by atoms with van der Waals surface area (Å²) in [5.41, 5.74) is 1.70. The number of Topliss-reactive ketones (excluding diaryl/α,β-unsaturated/α-hetero) is 1. The number of carbonyl (C=O) groups excluding carboxylic acids is 1. The van der Waals surface area contributed by atoms with Crippen molar-refractivity contribution in [1.82, 2.24) is 9.80 Å². The zero-order valence-corrected chi connectivity index (χ0v) is 30.9. The SMILES string of the molecule is CC1=C/C(=C(/c2ccccc2S(=O)(=O)O)c2cc(C)c(O)c(CN(CC(=O)O)CC(=O)O)c2C)C(C)=C(CN(CC(=O)O)CC(=O)O)C1=O.[Na]. The van der Waals surface area contributed by atoms with Gasteiger partial charge in [-0.05, 0) is 84.9 Å². The van der Waals surface area contributed by atoms with Gasteiger partial charge in [0.05, 0.1) is 26.2 Å². The Morgan fingerprint density at radius 1 is 0.760 bits per heavy atom. The second-order valence-corrected chi connectivity index (χ2v) is 13.0. The molecule has 0 saturated heterocycles. The van der Waals surface area contributed by atoms with Crippen LogP contribution in [0.3, 0.4) is 0 Å².